The largest absolute Gasteiger partial charge is 0.388 e. The van der Waals surface area contributed by atoms with Crippen molar-refractivity contribution in [3.05, 3.63) is 34.6 Å². The Kier molecular flexibility index (Phi) is 4.36. The van der Waals surface area contributed by atoms with Crippen molar-refractivity contribution in [3.63, 3.8) is 0 Å². The van der Waals surface area contributed by atoms with E-state index in [0.717, 1.165) is 12.8 Å². The van der Waals surface area contributed by atoms with E-state index >= 15 is 0 Å². The zero-order chi connectivity index (χ0) is 10.6. The molecule has 1 atom stereocenters. The summed E-state index contributed by atoms with van der Waals surface area (Å²) in [5.41, 5.74) is 0.613. The van der Waals surface area contributed by atoms with Gasteiger partial charge in [0.15, 0.2) is 0 Å². The van der Waals surface area contributed by atoms with Crippen LogP contribution in [0, 0.1) is 5.82 Å². The van der Waals surface area contributed by atoms with Crippen LogP contribution in [0.5, 0.6) is 0 Å². The van der Waals surface area contributed by atoms with Gasteiger partial charge in [0.2, 0.25) is 0 Å². The highest BCUT2D eigenvalue weighted by atomic mass is 35.5. The van der Waals surface area contributed by atoms with Crippen LogP contribution >= 0.6 is 11.6 Å². The third kappa shape index (κ3) is 2.96. The normalized spacial score (nSPS) is 12.9. The second-order valence-corrected chi connectivity index (χ2v) is 3.73. The molecule has 0 amide bonds. The molecule has 0 fully saturated rings. The maximum atomic E-state index is 12.7. The monoisotopic (exact) mass is 216 g/mol. The fraction of sp³-hybridized carbons (Fsp3) is 0.455. The molecule has 1 aromatic rings. The molecule has 1 nitrogen and oxygen atoms in total. The first kappa shape index (κ1) is 11.5. The Morgan fingerprint density at radius 1 is 1.50 bits per heavy atom. The predicted molar refractivity (Wildman–Crippen MR) is 55.9 cm³/mol. The van der Waals surface area contributed by atoms with Crippen molar-refractivity contribution in [1.82, 2.24) is 0 Å². The van der Waals surface area contributed by atoms with Crippen LogP contribution in [-0.2, 0) is 0 Å². The van der Waals surface area contributed by atoms with Gasteiger partial charge in [-0.3, -0.25) is 0 Å². The lowest BCUT2D eigenvalue weighted by Gasteiger charge is -2.11. The Morgan fingerprint density at radius 2 is 2.21 bits per heavy atom. The van der Waals surface area contributed by atoms with Crippen LogP contribution < -0.4 is 0 Å². The summed E-state index contributed by atoms with van der Waals surface area (Å²) in [5.74, 6) is -0.374. The molecule has 0 bridgehead atoms. The van der Waals surface area contributed by atoms with E-state index < -0.39 is 6.10 Å². The summed E-state index contributed by atoms with van der Waals surface area (Å²) in [6, 6.07) is 4.08. The number of aliphatic hydroxyl groups excluding tert-OH is 1. The summed E-state index contributed by atoms with van der Waals surface area (Å²) in [6.45, 7) is 2.05. The third-order valence-corrected chi connectivity index (χ3v) is 2.48. The number of unbranched alkanes of at least 4 members (excludes halogenated alkanes) is 1. The van der Waals surface area contributed by atoms with Crippen molar-refractivity contribution in [2.45, 2.75) is 32.3 Å². The van der Waals surface area contributed by atoms with E-state index in [1.165, 1.54) is 18.2 Å². The standard InChI is InChI=1S/C11H14ClFO/c1-2-3-4-11(14)9-6-5-8(13)7-10(9)12/h5-7,11,14H,2-4H2,1H3. The average Bonchev–Trinajstić information content (AvgIpc) is 2.14. The number of benzene rings is 1. The van der Waals surface area contributed by atoms with E-state index in [1.54, 1.807) is 0 Å². The molecule has 0 aliphatic heterocycles. The molecule has 0 heterocycles. The molecule has 0 saturated carbocycles. The Balaban J connectivity index is 2.74. The van der Waals surface area contributed by atoms with Gasteiger partial charge < -0.3 is 5.11 Å². The summed E-state index contributed by atoms with van der Waals surface area (Å²) in [5, 5.41) is 10.0. The molecule has 0 aliphatic carbocycles. The Hall–Kier alpha value is -0.600. The van der Waals surface area contributed by atoms with Gasteiger partial charge in [0.1, 0.15) is 5.82 Å². The summed E-state index contributed by atoms with van der Waals surface area (Å²) in [4.78, 5) is 0. The topological polar surface area (TPSA) is 20.2 Å². The molecule has 1 N–H and O–H groups in total. The smallest absolute Gasteiger partial charge is 0.124 e. The van der Waals surface area contributed by atoms with Crippen molar-refractivity contribution in [2.75, 3.05) is 0 Å². The van der Waals surface area contributed by atoms with E-state index in [-0.39, 0.29) is 5.82 Å². The maximum Gasteiger partial charge on any atom is 0.124 e. The highest BCUT2D eigenvalue weighted by Crippen LogP contribution is 2.26. The molecular formula is C11H14ClFO. The van der Waals surface area contributed by atoms with Crippen LogP contribution in [0.15, 0.2) is 18.2 Å². The number of rotatable bonds is 4. The van der Waals surface area contributed by atoms with Gasteiger partial charge in [-0.25, -0.2) is 4.39 Å². The summed E-state index contributed by atoms with van der Waals surface area (Å²) >= 11 is 5.80. The molecule has 0 saturated heterocycles. The van der Waals surface area contributed by atoms with Gasteiger partial charge in [0, 0.05) is 5.02 Å². The minimum absolute atomic E-state index is 0.300. The van der Waals surface area contributed by atoms with E-state index in [4.69, 9.17) is 11.6 Å². The summed E-state index contributed by atoms with van der Waals surface area (Å²) < 4.78 is 12.7. The SMILES string of the molecule is CCCCC(O)c1ccc(F)cc1Cl. The first-order valence-corrected chi connectivity index (χ1v) is 5.16. The average molecular weight is 217 g/mol. The zero-order valence-corrected chi connectivity index (χ0v) is 8.89. The van der Waals surface area contributed by atoms with Crippen molar-refractivity contribution < 1.29 is 9.50 Å². The number of hydrogen-bond acceptors (Lipinski definition) is 1. The lowest BCUT2D eigenvalue weighted by atomic mass is 10.0. The number of halogens is 2. The lowest BCUT2D eigenvalue weighted by molar-refractivity contribution is 0.164. The second-order valence-electron chi connectivity index (χ2n) is 3.32. The maximum absolute atomic E-state index is 12.7. The first-order chi connectivity index (χ1) is 6.65. The van der Waals surface area contributed by atoms with Crippen molar-refractivity contribution in [2.24, 2.45) is 0 Å². The number of hydrogen-bond donors (Lipinski definition) is 1. The van der Waals surface area contributed by atoms with Crippen LogP contribution in [0.1, 0.15) is 37.9 Å². The molecule has 14 heavy (non-hydrogen) atoms. The van der Waals surface area contributed by atoms with Gasteiger partial charge in [-0.2, -0.15) is 0 Å². The molecular weight excluding hydrogens is 203 g/mol. The fourth-order valence-electron chi connectivity index (χ4n) is 1.32. The van der Waals surface area contributed by atoms with Crippen molar-refractivity contribution >= 4 is 11.6 Å². The zero-order valence-electron chi connectivity index (χ0n) is 8.13. The molecule has 1 unspecified atom stereocenters. The van der Waals surface area contributed by atoms with E-state index in [9.17, 15) is 9.50 Å². The fourth-order valence-corrected chi connectivity index (χ4v) is 1.62. The van der Waals surface area contributed by atoms with Crippen LogP contribution in [0.3, 0.4) is 0 Å². The molecule has 0 radical (unpaired) electrons. The first-order valence-electron chi connectivity index (χ1n) is 4.78. The van der Waals surface area contributed by atoms with Gasteiger partial charge in [0.25, 0.3) is 0 Å². The molecule has 1 rings (SSSR count). The van der Waals surface area contributed by atoms with Crippen molar-refractivity contribution in [3.8, 4) is 0 Å². The van der Waals surface area contributed by atoms with Gasteiger partial charge in [0.05, 0.1) is 6.10 Å². The van der Waals surface area contributed by atoms with Crippen LogP contribution in [-0.4, -0.2) is 5.11 Å². The lowest BCUT2D eigenvalue weighted by Crippen LogP contribution is -1.98. The van der Waals surface area contributed by atoms with E-state index in [0.29, 0.717) is 17.0 Å². The Bertz CT molecular complexity index is 301. The van der Waals surface area contributed by atoms with Crippen LogP contribution in [0.2, 0.25) is 5.02 Å². The third-order valence-electron chi connectivity index (χ3n) is 2.15. The van der Waals surface area contributed by atoms with Crippen LogP contribution in [0.4, 0.5) is 4.39 Å². The Labute approximate surface area is 88.5 Å². The number of aliphatic hydroxyl groups is 1. The summed E-state index contributed by atoms with van der Waals surface area (Å²) in [7, 11) is 0. The molecule has 0 spiro atoms. The second kappa shape index (κ2) is 5.32. The molecule has 0 aliphatic rings. The molecule has 0 aromatic heterocycles. The van der Waals surface area contributed by atoms with Gasteiger partial charge in [-0.15, -0.1) is 0 Å². The van der Waals surface area contributed by atoms with Gasteiger partial charge >= 0.3 is 0 Å². The van der Waals surface area contributed by atoms with Crippen molar-refractivity contribution in [1.29, 1.82) is 0 Å². The highest BCUT2D eigenvalue weighted by molar-refractivity contribution is 6.31. The molecule has 78 valence electrons. The van der Waals surface area contributed by atoms with E-state index in [1.807, 2.05) is 0 Å². The van der Waals surface area contributed by atoms with Gasteiger partial charge in [-0.1, -0.05) is 37.4 Å². The quantitative estimate of drug-likeness (QED) is 0.814. The van der Waals surface area contributed by atoms with Crippen LogP contribution in [0.25, 0.3) is 0 Å². The molecule has 3 heteroatoms. The predicted octanol–water partition coefficient (Wildman–Crippen LogP) is 3.70. The Morgan fingerprint density at radius 3 is 2.79 bits per heavy atom. The minimum Gasteiger partial charge on any atom is -0.388 e. The minimum atomic E-state index is -0.581. The summed E-state index contributed by atoms with van der Waals surface area (Å²) in [6.07, 6.45) is 2.05. The van der Waals surface area contributed by atoms with E-state index in [2.05, 4.69) is 6.92 Å². The van der Waals surface area contributed by atoms with Gasteiger partial charge in [-0.05, 0) is 24.1 Å². The molecule has 1 aromatic carbocycles. The highest BCUT2D eigenvalue weighted by Gasteiger charge is 2.11.